The molecule has 0 radical (unpaired) electrons. The number of thiophene rings is 1. The van der Waals surface area contributed by atoms with Crippen LogP contribution in [0.3, 0.4) is 0 Å². The van der Waals surface area contributed by atoms with Crippen LogP contribution in [0.1, 0.15) is 23.2 Å². The molecule has 0 aliphatic carbocycles. The Morgan fingerprint density at radius 1 is 1.47 bits per heavy atom. The SMILES string of the molecule is O=C(NCC1CCC(C(=O)O)O1)c1cc(Br)sc1Br. The first kappa shape index (κ1) is 15.0. The third-order valence-corrected chi connectivity index (χ3v) is 5.11. The molecule has 1 aromatic rings. The molecular weight excluding hydrogens is 402 g/mol. The molecule has 1 aliphatic rings. The molecule has 1 saturated heterocycles. The van der Waals surface area contributed by atoms with Crippen molar-refractivity contribution < 1.29 is 19.4 Å². The minimum atomic E-state index is -0.946. The van der Waals surface area contributed by atoms with Gasteiger partial charge in [-0.25, -0.2) is 4.79 Å². The summed E-state index contributed by atoms with van der Waals surface area (Å²) in [6.07, 6.45) is 0.157. The monoisotopic (exact) mass is 411 g/mol. The van der Waals surface area contributed by atoms with Gasteiger partial charge in [0, 0.05) is 6.54 Å². The Kier molecular flexibility index (Phi) is 4.99. The lowest BCUT2D eigenvalue weighted by molar-refractivity contribution is -0.149. The Bertz CT molecular complexity index is 505. The number of ether oxygens (including phenoxy) is 1. The Hall–Kier alpha value is -0.440. The van der Waals surface area contributed by atoms with Crippen LogP contribution in [0, 0.1) is 0 Å². The van der Waals surface area contributed by atoms with E-state index in [-0.39, 0.29) is 12.0 Å². The molecule has 2 N–H and O–H groups in total. The summed E-state index contributed by atoms with van der Waals surface area (Å²) in [6.45, 7) is 0.322. The van der Waals surface area contributed by atoms with Crippen LogP contribution in [0.15, 0.2) is 13.6 Å². The summed E-state index contributed by atoms with van der Waals surface area (Å²) >= 11 is 8.05. The highest BCUT2D eigenvalue weighted by atomic mass is 79.9. The highest BCUT2D eigenvalue weighted by molar-refractivity contribution is 9.12. The molecule has 5 nitrogen and oxygen atoms in total. The summed E-state index contributed by atoms with van der Waals surface area (Å²) in [7, 11) is 0. The van der Waals surface area contributed by atoms with Gasteiger partial charge in [-0.05, 0) is 50.8 Å². The summed E-state index contributed by atoms with van der Waals surface area (Å²) in [5.41, 5.74) is 0.560. The van der Waals surface area contributed by atoms with Crippen molar-refractivity contribution in [3.8, 4) is 0 Å². The number of carboxylic acids is 1. The number of carbonyl (C=O) groups is 2. The van der Waals surface area contributed by atoms with Crippen LogP contribution in [0.5, 0.6) is 0 Å². The number of carboxylic acid groups (broad SMARTS) is 1. The number of rotatable bonds is 4. The predicted octanol–water partition coefficient (Wildman–Crippen LogP) is 2.64. The summed E-state index contributed by atoms with van der Waals surface area (Å²) in [5, 5.41) is 11.6. The predicted molar refractivity (Wildman–Crippen MR) is 77.6 cm³/mol. The molecule has 104 valence electrons. The average molecular weight is 413 g/mol. The van der Waals surface area contributed by atoms with Crippen LogP contribution in [0.2, 0.25) is 0 Å². The normalized spacial score (nSPS) is 22.4. The zero-order valence-electron chi connectivity index (χ0n) is 9.69. The zero-order chi connectivity index (χ0) is 14.0. The standard InChI is InChI=1S/C11H11Br2NO4S/c12-8-3-6(9(13)19-8)10(15)14-4-5-1-2-7(18-5)11(16)17/h3,5,7H,1-2,4H2,(H,14,15)(H,16,17). The second kappa shape index (κ2) is 6.34. The maximum Gasteiger partial charge on any atom is 0.332 e. The van der Waals surface area contributed by atoms with Gasteiger partial charge in [0.1, 0.15) is 0 Å². The van der Waals surface area contributed by atoms with E-state index in [1.807, 2.05) is 0 Å². The second-order valence-corrected chi connectivity index (χ2v) is 7.86. The Labute approximate surface area is 130 Å². The minimum Gasteiger partial charge on any atom is -0.479 e. The van der Waals surface area contributed by atoms with Crippen molar-refractivity contribution in [2.75, 3.05) is 6.54 Å². The van der Waals surface area contributed by atoms with Gasteiger partial charge in [0.05, 0.1) is 19.2 Å². The number of halogens is 2. The molecule has 19 heavy (non-hydrogen) atoms. The van der Waals surface area contributed by atoms with E-state index in [9.17, 15) is 9.59 Å². The Balaban J connectivity index is 1.85. The van der Waals surface area contributed by atoms with Crippen LogP contribution >= 0.6 is 43.2 Å². The minimum absolute atomic E-state index is 0.198. The molecule has 1 amide bonds. The summed E-state index contributed by atoms with van der Waals surface area (Å²) in [5.74, 6) is -1.14. The molecule has 2 unspecified atom stereocenters. The molecule has 2 heterocycles. The number of carbonyl (C=O) groups excluding carboxylic acids is 1. The maximum atomic E-state index is 11.9. The highest BCUT2D eigenvalue weighted by Crippen LogP contribution is 2.31. The molecule has 2 rings (SSSR count). The maximum absolute atomic E-state index is 11.9. The Morgan fingerprint density at radius 2 is 2.21 bits per heavy atom. The van der Waals surface area contributed by atoms with Crippen molar-refractivity contribution >= 4 is 55.1 Å². The van der Waals surface area contributed by atoms with Gasteiger partial charge in [-0.1, -0.05) is 0 Å². The first-order valence-electron chi connectivity index (χ1n) is 5.58. The van der Waals surface area contributed by atoms with Crippen molar-refractivity contribution in [2.45, 2.75) is 25.0 Å². The molecule has 0 spiro atoms. The summed E-state index contributed by atoms with van der Waals surface area (Å²) in [4.78, 5) is 22.7. The third-order valence-electron chi connectivity index (χ3n) is 2.77. The van der Waals surface area contributed by atoms with Gasteiger partial charge >= 0.3 is 5.97 Å². The van der Waals surface area contributed by atoms with E-state index >= 15 is 0 Å². The van der Waals surface area contributed by atoms with Gasteiger partial charge in [-0.2, -0.15) is 0 Å². The Morgan fingerprint density at radius 3 is 2.74 bits per heavy atom. The molecule has 0 bridgehead atoms. The highest BCUT2D eigenvalue weighted by Gasteiger charge is 2.30. The van der Waals surface area contributed by atoms with E-state index in [0.717, 1.165) is 7.57 Å². The topological polar surface area (TPSA) is 75.6 Å². The van der Waals surface area contributed by atoms with Gasteiger partial charge in [0.25, 0.3) is 5.91 Å². The smallest absolute Gasteiger partial charge is 0.332 e. The van der Waals surface area contributed by atoms with E-state index in [2.05, 4.69) is 37.2 Å². The molecule has 8 heteroatoms. The van der Waals surface area contributed by atoms with Gasteiger partial charge < -0.3 is 15.2 Å². The lowest BCUT2D eigenvalue weighted by Crippen LogP contribution is -2.33. The molecule has 1 aliphatic heterocycles. The lowest BCUT2D eigenvalue weighted by Gasteiger charge is -2.12. The number of aliphatic carboxylic acids is 1. The fourth-order valence-corrected chi connectivity index (χ4v) is 4.63. The van der Waals surface area contributed by atoms with Gasteiger partial charge in [-0.15, -0.1) is 11.3 Å². The lowest BCUT2D eigenvalue weighted by atomic mass is 10.2. The van der Waals surface area contributed by atoms with Crippen LogP contribution in [-0.4, -0.2) is 35.7 Å². The van der Waals surface area contributed by atoms with E-state index in [1.165, 1.54) is 11.3 Å². The van der Waals surface area contributed by atoms with Crippen molar-refractivity contribution in [3.63, 3.8) is 0 Å². The zero-order valence-corrected chi connectivity index (χ0v) is 13.7. The second-order valence-electron chi connectivity index (χ2n) is 4.11. The van der Waals surface area contributed by atoms with Crippen LogP contribution in [0.4, 0.5) is 0 Å². The van der Waals surface area contributed by atoms with Gasteiger partial charge in [0.15, 0.2) is 6.10 Å². The number of hydrogen-bond acceptors (Lipinski definition) is 4. The van der Waals surface area contributed by atoms with Crippen molar-refractivity contribution in [1.29, 1.82) is 0 Å². The molecule has 2 atom stereocenters. The molecular formula is C11H11Br2NO4S. The first-order chi connectivity index (χ1) is 8.97. The van der Waals surface area contributed by atoms with Crippen LogP contribution < -0.4 is 5.32 Å². The van der Waals surface area contributed by atoms with Crippen molar-refractivity contribution in [3.05, 3.63) is 19.2 Å². The van der Waals surface area contributed by atoms with E-state index in [0.29, 0.717) is 24.9 Å². The van der Waals surface area contributed by atoms with Gasteiger partial charge in [-0.3, -0.25) is 4.79 Å². The van der Waals surface area contributed by atoms with Crippen LogP contribution in [0.25, 0.3) is 0 Å². The number of nitrogens with one attached hydrogen (secondary N) is 1. The molecule has 1 aromatic heterocycles. The summed E-state index contributed by atoms with van der Waals surface area (Å²) in [6, 6.07) is 1.74. The third kappa shape index (κ3) is 3.77. The van der Waals surface area contributed by atoms with E-state index < -0.39 is 12.1 Å². The summed E-state index contributed by atoms with van der Waals surface area (Å²) < 4.78 is 6.94. The number of hydrogen-bond donors (Lipinski definition) is 2. The molecule has 1 fully saturated rings. The average Bonchev–Trinajstić information content (AvgIpc) is 2.93. The fraction of sp³-hybridized carbons (Fsp3) is 0.455. The van der Waals surface area contributed by atoms with E-state index in [1.54, 1.807) is 6.07 Å². The van der Waals surface area contributed by atoms with Crippen molar-refractivity contribution in [2.24, 2.45) is 0 Å². The number of amides is 1. The fourth-order valence-electron chi connectivity index (χ4n) is 1.83. The quantitative estimate of drug-likeness (QED) is 0.796. The largest absolute Gasteiger partial charge is 0.479 e. The van der Waals surface area contributed by atoms with E-state index in [4.69, 9.17) is 9.84 Å². The van der Waals surface area contributed by atoms with Crippen molar-refractivity contribution in [1.82, 2.24) is 5.32 Å². The van der Waals surface area contributed by atoms with Gasteiger partial charge in [0.2, 0.25) is 0 Å². The van der Waals surface area contributed by atoms with Crippen LogP contribution in [-0.2, 0) is 9.53 Å². The first-order valence-corrected chi connectivity index (χ1v) is 7.99. The molecule has 0 aromatic carbocycles. The molecule has 0 saturated carbocycles.